The van der Waals surface area contributed by atoms with Gasteiger partial charge in [-0.05, 0) is 25.0 Å². The fourth-order valence-electron chi connectivity index (χ4n) is 1.76. The van der Waals surface area contributed by atoms with E-state index in [2.05, 4.69) is 10.9 Å². The van der Waals surface area contributed by atoms with Crippen LogP contribution in [0.15, 0.2) is 30.6 Å². The molecule has 68 valence electrons. The fraction of sp³-hybridized carbons (Fsp3) is 0.250. The van der Waals surface area contributed by atoms with Crippen LogP contribution in [0.5, 0.6) is 0 Å². The Labute approximate surface area is 82.6 Å². The average molecular weight is 182 g/mol. The molecule has 1 saturated carbocycles. The lowest BCUT2D eigenvalue weighted by molar-refractivity contribution is 0.887. The van der Waals surface area contributed by atoms with Gasteiger partial charge in [0, 0.05) is 12.4 Å². The lowest BCUT2D eigenvalue weighted by atomic mass is 10.1. The smallest absolute Gasteiger partial charge is 0.137 e. The number of aromatic nitrogens is 2. The molecule has 0 atom stereocenters. The van der Waals surface area contributed by atoms with Crippen molar-refractivity contribution >= 4 is 5.65 Å². The van der Waals surface area contributed by atoms with Crippen molar-refractivity contribution in [2.45, 2.75) is 18.3 Å². The summed E-state index contributed by atoms with van der Waals surface area (Å²) in [6.45, 7) is 0. The van der Waals surface area contributed by atoms with E-state index in [4.69, 9.17) is 6.42 Å². The summed E-state index contributed by atoms with van der Waals surface area (Å²) in [4.78, 5) is 4.54. The molecule has 0 N–H and O–H groups in total. The van der Waals surface area contributed by atoms with Crippen molar-refractivity contribution < 1.29 is 0 Å². The number of imidazole rings is 1. The monoisotopic (exact) mass is 182 g/mol. The molecule has 0 radical (unpaired) electrons. The molecule has 2 heteroatoms. The topological polar surface area (TPSA) is 17.3 Å². The van der Waals surface area contributed by atoms with Crippen LogP contribution in [0.25, 0.3) is 5.65 Å². The average Bonchev–Trinajstić information content (AvgIpc) is 2.91. The zero-order chi connectivity index (χ0) is 9.60. The first-order chi connectivity index (χ1) is 6.84. The first kappa shape index (κ1) is 7.64. The van der Waals surface area contributed by atoms with Gasteiger partial charge in [0.15, 0.2) is 0 Å². The maximum atomic E-state index is 5.52. The zero-order valence-electron chi connectivity index (χ0n) is 7.77. The molecule has 0 spiro atoms. The van der Waals surface area contributed by atoms with E-state index in [0.29, 0.717) is 0 Å². The van der Waals surface area contributed by atoms with Crippen LogP contribution >= 0.6 is 0 Å². The van der Waals surface area contributed by atoms with E-state index in [0.717, 1.165) is 24.2 Å². The summed E-state index contributed by atoms with van der Waals surface area (Å²) in [5.41, 5.74) is 1.97. The van der Waals surface area contributed by atoms with Crippen molar-refractivity contribution in [3.63, 3.8) is 0 Å². The van der Waals surface area contributed by atoms with E-state index in [1.54, 1.807) is 0 Å². The highest BCUT2D eigenvalue weighted by molar-refractivity contribution is 5.45. The molecular formula is C12H10N2. The molecule has 1 aliphatic rings. The number of fused-ring (bicyclic) bond motifs is 1. The van der Waals surface area contributed by atoms with E-state index in [1.165, 1.54) is 0 Å². The Balaban J connectivity index is 2.21. The highest BCUT2D eigenvalue weighted by Crippen LogP contribution is 2.46. The van der Waals surface area contributed by atoms with E-state index in [1.807, 2.05) is 35.0 Å². The summed E-state index contributed by atoms with van der Waals surface area (Å²) in [5, 5.41) is 0. The van der Waals surface area contributed by atoms with Gasteiger partial charge in [-0.1, -0.05) is 12.0 Å². The first-order valence-electron chi connectivity index (χ1n) is 4.76. The Morgan fingerprint density at radius 3 is 2.93 bits per heavy atom. The summed E-state index contributed by atoms with van der Waals surface area (Å²) in [7, 11) is 0. The van der Waals surface area contributed by atoms with Crippen LogP contribution in [-0.4, -0.2) is 9.38 Å². The molecule has 0 saturated heterocycles. The third kappa shape index (κ3) is 0.898. The summed E-state index contributed by atoms with van der Waals surface area (Å²) in [6.07, 6.45) is 11.7. The molecule has 2 aromatic heterocycles. The largest absolute Gasteiger partial charge is 0.307 e. The van der Waals surface area contributed by atoms with Crippen LogP contribution < -0.4 is 0 Å². The van der Waals surface area contributed by atoms with Gasteiger partial charge in [0.1, 0.15) is 5.65 Å². The number of pyridine rings is 1. The first-order valence-corrected chi connectivity index (χ1v) is 4.76. The SMILES string of the molecule is C#CC1(c2cn3ccccc3n2)CC1. The Hall–Kier alpha value is -1.75. The van der Waals surface area contributed by atoms with Gasteiger partial charge in [-0.15, -0.1) is 6.42 Å². The standard InChI is InChI=1S/C12H10N2/c1-2-12(6-7-12)10-9-14-8-4-3-5-11(14)13-10/h1,3-5,8-9H,6-7H2. The summed E-state index contributed by atoms with van der Waals surface area (Å²) in [6, 6.07) is 5.98. The van der Waals surface area contributed by atoms with Gasteiger partial charge in [0.05, 0.1) is 11.1 Å². The van der Waals surface area contributed by atoms with Crippen LogP contribution in [0.4, 0.5) is 0 Å². The van der Waals surface area contributed by atoms with E-state index in [9.17, 15) is 0 Å². The second-order valence-corrected chi connectivity index (χ2v) is 3.82. The van der Waals surface area contributed by atoms with Crippen LogP contribution in [0.1, 0.15) is 18.5 Å². The molecule has 1 fully saturated rings. The summed E-state index contributed by atoms with van der Waals surface area (Å²) in [5.74, 6) is 2.85. The Morgan fingerprint density at radius 2 is 2.29 bits per heavy atom. The Morgan fingerprint density at radius 1 is 1.43 bits per heavy atom. The molecule has 0 aliphatic heterocycles. The predicted octanol–water partition coefficient (Wildman–Crippen LogP) is 2.00. The quantitative estimate of drug-likeness (QED) is 0.616. The molecule has 0 bridgehead atoms. The van der Waals surface area contributed by atoms with Crippen molar-refractivity contribution in [2.75, 3.05) is 0 Å². The number of hydrogen-bond acceptors (Lipinski definition) is 1. The van der Waals surface area contributed by atoms with Gasteiger partial charge in [0.2, 0.25) is 0 Å². The Kier molecular flexibility index (Phi) is 1.30. The van der Waals surface area contributed by atoms with Gasteiger partial charge < -0.3 is 4.40 Å². The maximum absolute atomic E-state index is 5.52. The third-order valence-electron chi connectivity index (χ3n) is 2.88. The minimum atomic E-state index is -0.0496. The van der Waals surface area contributed by atoms with Crippen molar-refractivity contribution in [1.29, 1.82) is 0 Å². The van der Waals surface area contributed by atoms with E-state index >= 15 is 0 Å². The predicted molar refractivity (Wildman–Crippen MR) is 54.9 cm³/mol. The summed E-state index contributed by atoms with van der Waals surface area (Å²) < 4.78 is 2.02. The highest BCUT2D eigenvalue weighted by Gasteiger charge is 2.44. The maximum Gasteiger partial charge on any atom is 0.137 e. The molecule has 0 unspecified atom stereocenters. The Bertz CT molecular complexity index is 493. The lowest BCUT2D eigenvalue weighted by Crippen LogP contribution is -2.02. The highest BCUT2D eigenvalue weighted by atomic mass is 15.0. The fourth-order valence-corrected chi connectivity index (χ4v) is 1.76. The molecule has 0 amide bonds. The molecule has 2 aromatic rings. The number of hydrogen-bond donors (Lipinski definition) is 0. The second-order valence-electron chi connectivity index (χ2n) is 3.82. The number of nitrogens with zero attached hydrogens (tertiary/aromatic N) is 2. The molecule has 14 heavy (non-hydrogen) atoms. The molecule has 0 aromatic carbocycles. The summed E-state index contributed by atoms with van der Waals surface area (Å²) >= 11 is 0. The molecule has 1 aliphatic carbocycles. The van der Waals surface area contributed by atoms with Crippen LogP contribution in [0, 0.1) is 12.3 Å². The van der Waals surface area contributed by atoms with Gasteiger partial charge in [-0.3, -0.25) is 0 Å². The lowest BCUT2D eigenvalue weighted by Gasteiger charge is -1.99. The minimum absolute atomic E-state index is 0.0496. The van der Waals surface area contributed by atoms with Crippen molar-refractivity contribution in [1.82, 2.24) is 9.38 Å². The van der Waals surface area contributed by atoms with E-state index in [-0.39, 0.29) is 5.41 Å². The molecule has 2 nitrogen and oxygen atoms in total. The zero-order valence-corrected chi connectivity index (χ0v) is 7.77. The van der Waals surface area contributed by atoms with Crippen molar-refractivity contribution in [3.05, 3.63) is 36.3 Å². The van der Waals surface area contributed by atoms with Gasteiger partial charge in [0.25, 0.3) is 0 Å². The number of terminal acetylenes is 1. The molecule has 2 heterocycles. The normalized spacial score (nSPS) is 17.9. The van der Waals surface area contributed by atoms with Crippen molar-refractivity contribution in [3.8, 4) is 12.3 Å². The van der Waals surface area contributed by atoms with E-state index < -0.39 is 0 Å². The van der Waals surface area contributed by atoms with Gasteiger partial charge >= 0.3 is 0 Å². The molecular weight excluding hydrogens is 172 g/mol. The van der Waals surface area contributed by atoms with Gasteiger partial charge in [-0.2, -0.15) is 0 Å². The molecule has 3 rings (SSSR count). The third-order valence-corrected chi connectivity index (χ3v) is 2.88. The van der Waals surface area contributed by atoms with Crippen LogP contribution in [-0.2, 0) is 5.41 Å². The van der Waals surface area contributed by atoms with Gasteiger partial charge in [-0.25, -0.2) is 4.98 Å². The van der Waals surface area contributed by atoms with Crippen molar-refractivity contribution in [2.24, 2.45) is 0 Å². The van der Waals surface area contributed by atoms with Crippen LogP contribution in [0.2, 0.25) is 0 Å². The minimum Gasteiger partial charge on any atom is -0.307 e. The second kappa shape index (κ2) is 2.39. The number of rotatable bonds is 1. The van der Waals surface area contributed by atoms with Crippen LogP contribution in [0.3, 0.4) is 0 Å².